The molecule has 116 valence electrons. The second-order valence-corrected chi connectivity index (χ2v) is 11.0. The Morgan fingerprint density at radius 1 is 1.09 bits per heavy atom. The van der Waals surface area contributed by atoms with E-state index in [0.29, 0.717) is 18.2 Å². The molecule has 0 bridgehead atoms. The minimum Gasteiger partial charge on any atom is -0.484 e. The number of ether oxygens (including phenoxy) is 2. The lowest BCUT2D eigenvalue weighted by atomic mass is 10.3. The maximum Gasteiger partial charge on any atom is 0.196 e. The summed E-state index contributed by atoms with van der Waals surface area (Å²) >= 11 is 3.38. The molecule has 2 aliphatic rings. The summed E-state index contributed by atoms with van der Waals surface area (Å²) in [5, 5.41) is 2.84. The van der Waals surface area contributed by atoms with Gasteiger partial charge in [-0.05, 0) is 36.1 Å². The average Bonchev–Trinajstić information content (AvgIpc) is 3.18. The summed E-state index contributed by atoms with van der Waals surface area (Å²) in [4.78, 5) is 5.24. The molecule has 0 saturated heterocycles. The van der Waals surface area contributed by atoms with Crippen molar-refractivity contribution >= 4 is 47.5 Å². The number of nitrogens with two attached hydrogens (primary N) is 1. The van der Waals surface area contributed by atoms with Crippen LogP contribution in [0.2, 0.25) is 0 Å². The molecular weight excluding hydrogens is 334 g/mol. The molecule has 2 aromatic heterocycles. The molecule has 0 fully saturated rings. The van der Waals surface area contributed by atoms with Crippen LogP contribution < -0.4 is 15.2 Å². The molecule has 0 unspecified atom stereocenters. The van der Waals surface area contributed by atoms with Gasteiger partial charge < -0.3 is 15.2 Å². The number of thiophene rings is 2. The monoisotopic (exact) mass is 351 g/mol. The first kappa shape index (κ1) is 14.2. The van der Waals surface area contributed by atoms with Gasteiger partial charge in [0.05, 0.1) is 4.88 Å². The van der Waals surface area contributed by atoms with E-state index < -0.39 is 10.0 Å². The van der Waals surface area contributed by atoms with Crippen LogP contribution in [0.25, 0.3) is 9.81 Å². The van der Waals surface area contributed by atoms with Gasteiger partial charge in [0.2, 0.25) is 0 Å². The van der Waals surface area contributed by atoms with Crippen molar-refractivity contribution in [3.8, 4) is 11.5 Å². The van der Waals surface area contributed by atoms with Crippen molar-refractivity contribution in [2.75, 3.05) is 31.5 Å². The maximum atomic E-state index is 6.13. The summed E-state index contributed by atoms with van der Waals surface area (Å²) in [7, 11) is -1.07. The summed E-state index contributed by atoms with van der Waals surface area (Å²) in [6.45, 7) is 1.16. The molecule has 0 radical (unpaired) electrons. The average molecular weight is 352 g/mol. The van der Waals surface area contributed by atoms with Gasteiger partial charge in [0.15, 0.2) is 11.5 Å². The second kappa shape index (κ2) is 5.08. The topological polar surface area (TPSA) is 44.5 Å². The SMILES string of the molecule is CS1(C)C(c2cccs2)=CC=C1c1sc(N)c2c1OCCO2. The quantitative estimate of drug-likeness (QED) is 0.858. The molecule has 0 amide bonds. The highest BCUT2D eigenvalue weighted by atomic mass is 32.3. The van der Waals surface area contributed by atoms with Crippen LogP contribution in [0, 0.1) is 0 Å². The van der Waals surface area contributed by atoms with Crippen LogP contribution in [0.1, 0.15) is 9.75 Å². The summed E-state index contributed by atoms with van der Waals surface area (Å²) in [5.74, 6) is 1.56. The van der Waals surface area contributed by atoms with Crippen molar-refractivity contribution in [2.45, 2.75) is 0 Å². The van der Waals surface area contributed by atoms with Crippen LogP contribution in [0.4, 0.5) is 5.00 Å². The van der Waals surface area contributed by atoms with E-state index in [9.17, 15) is 0 Å². The van der Waals surface area contributed by atoms with Gasteiger partial charge in [-0.1, -0.05) is 6.07 Å². The number of anilines is 1. The Morgan fingerprint density at radius 3 is 2.55 bits per heavy atom. The molecule has 2 aliphatic heterocycles. The molecule has 3 nitrogen and oxygen atoms in total. The van der Waals surface area contributed by atoms with Crippen LogP contribution in [0.3, 0.4) is 0 Å². The number of hydrogen-bond acceptors (Lipinski definition) is 5. The Bertz CT molecular complexity index is 785. The number of allylic oxidation sites excluding steroid dienone is 2. The molecule has 0 spiro atoms. The van der Waals surface area contributed by atoms with Crippen molar-refractivity contribution < 1.29 is 9.47 Å². The van der Waals surface area contributed by atoms with Gasteiger partial charge in [-0.2, -0.15) is 10.0 Å². The molecule has 22 heavy (non-hydrogen) atoms. The molecule has 0 atom stereocenters. The van der Waals surface area contributed by atoms with Crippen LogP contribution in [0.15, 0.2) is 29.7 Å². The van der Waals surface area contributed by atoms with Gasteiger partial charge in [0.25, 0.3) is 0 Å². The third kappa shape index (κ3) is 2.01. The lowest BCUT2D eigenvalue weighted by Gasteiger charge is -2.33. The van der Waals surface area contributed by atoms with Gasteiger partial charge in [-0.15, -0.1) is 22.7 Å². The van der Waals surface area contributed by atoms with Crippen LogP contribution >= 0.6 is 32.7 Å². The van der Waals surface area contributed by atoms with Gasteiger partial charge in [-0.3, -0.25) is 0 Å². The van der Waals surface area contributed by atoms with Gasteiger partial charge in [-0.25, -0.2) is 0 Å². The second-order valence-electron chi connectivity index (χ2n) is 5.52. The zero-order valence-corrected chi connectivity index (χ0v) is 14.9. The first-order valence-electron chi connectivity index (χ1n) is 6.96. The fourth-order valence-electron chi connectivity index (χ4n) is 2.80. The predicted octanol–water partition coefficient (Wildman–Crippen LogP) is 4.62. The molecule has 4 heterocycles. The van der Waals surface area contributed by atoms with Crippen LogP contribution in [0.5, 0.6) is 11.5 Å². The standard InChI is InChI=1S/C16H17NO2S3/c1-22(2)11(10-4-3-9-20-10)5-6-12(22)15-13-14(16(17)21-15)19-8-7-18-13/h3-6,9H,7-8,17H2,1-2H3. The van der Waals surface area contributed by atoms with E-state index in [2.05, 4.69) is 42.2 Å². The largest absolute Gasteiger partial charge is 0.484 e. The fourth-order valence-corrected chi connectivity index (χ4v) is 8.03. The normalized spacial score (nSPS) is 20.5. The van der Waals surface area contributed by atoms with Crippen LogP contribution in [-0.4, -0.2) is 25.7 Å². The Balaban J connectivity index is 1.77. The van der Waals surface area contributed by atoms with E-state index in [1.54, 1.807) is 22.7 Å². The molecule has 4 rings (SSSR count). The maximum absolute atomic E-state index is 6.13. The molecule has 0 aromatic carbocycles. The van der Waals surface area contributed by atoms with E-state index in [-0.39, 0.29) is 0 Å². The van der Waals surface area contributed by atoms with E-state index in [4.69, 9.17) is 15.2 Å². The zero-order chi connectivity index (χ0) is 15.3. The molecule has 2 N–H and O–H groups in total. The van der Waals surface area contributed by atoms with Gasteiger partial charge in [0, 0.05) is 14.7 Å². The highest BCUT2D eigenvalue weighted by Gasteiger charge is 2.34. The van der Waals surface area contributed by atoms with E-state index in [1.165, 1.54) is 14.7 Å². The smallest absolute Gasteiger partial charge is 0.196 e. The number of hydrogen-bond donors (Lipinski definition) is 1. The molecule has 2 aromatic rings. The molecular formula is C16H17NO2S3. The molecule has 6 heteroatoms. The van der Waals surface area contributed by atoms with Crippen molar-refractivity contribution in [3.63, 3.8) is 0 Å². The minimum atomic E-state index is -1.07. The van der Waals surface area contributed by atoms with E-state index >= 15 is 0 Å². The first-order chi connectivity index (χ1) is 10.6. The summed E-state index contributed by atoms with van der Waals surface area (Å²) in [6, 6.07) is 4.30. The lowest BCUT2D eigenvalue weighted by molar-refractivity contribution is 0.174. The number of fused-ring (bicyclic) bond motifs is 1. The summed E-state index contributed by atoms with van der Waals surface area (Å²) < 4.78 is 11.6. The Labute approximate surface area is 139 Å². The highest BCUT2D eigenvalue weighted by molar-refractivity contribution is 8.47. The predicted molar refractivity (Wildman–Crippen MR) is 99.4 cm³/mol. The summed E-state index contributed by atoms with van der Waals surface area (Å²) in [5.41, 5.74) is 6.13. The number of nitrogen functional groups attached to an aromatic ring is 1. The molecule has 0 aliphatic carbocycles. The minimum absolute atomic E-state index is 0.571. The van der Waals surface area contributed by atoms with Gasteiger partial charge >= 0.3 is 0 Å². The first-order valence-corrected chi connectivity index (χ1v) is 11.1. The Morgan fingerprint density at radius 2 is 1.82 bits per heavy atom. The van der Waals surface area contributed by atoms with Crippen molar-refractivity contribution in [1.82, 2.24) is 0 Å². The van der Waals surface area contributed by atoms with E-state index in [0.717, 1.165) is 16.4 Å². The lowest BCUT2D eigenvalue weighted by Crippen LogP contribution is -2.15. The van der Waals surface area contributed by atoms with E-state index in [1.807, 2.05) is 0 Å². The van der Waals surface area contributed by atoms with Gasteiger partial charge in [0.1, 0.15) is 18.2 Å². The fraction of sp³-hybridized carbons (Fsp3) is 0.250. The summed E-state index contributed by atoms with van der Waals surface area (Å²) in [6.07, 6.45) is 9.16. The highest BCUT2D eigenvalue weighted by Crippen LogP contribution is 2.70. The molecule has 0 saturated carbocycles. The number of rotatable bonds is 2. The van der Waals surface area contributed by atoms with Crippen molar-refractivity contribution in [3.05, 3.63) is 39.4 Å². The van der Waals surface area contributed by atoms with Crippen molar-refractivity contribution in [2.24, 2.45) is 0 Å². The third-order valence-corrected chi connectivity index (χ3v) is 8.97. The third-order valence-electron chi connectivity index (χ3n) is 3.90. The van der Waals surface area contributed by atoms with Crippen molar-refractivity contribution in [1.29, 1.82) is 0 Å². The Hall–Kier alpha value is -1.37. The van der Waals surface area contributed by atoms with Crippen LogP contribution in [-0.2, 0) is 0 Å². The zero-order valence-electron chi connectivity index (χ0n) is 12.4. The Kier molecular flexibility index (Phi) is 3.29.